The molecule has 3 aromatic rings. The number of anilines is 3. The zero-order valence-corrected chi connectivity index (χ0v) is 16.9. The van der Waals surface area contributed by atoms with Crippen molar-refractivity contribution in [2.75, 3.05) is 36.6 Å². The first-order valence-corrected chi connectivity index (χ1v) is 9.95. The number of ether oxygens (including phenoxy) is 2. The monoisotopic (exact) mass is 431 g/mol. The lowest BCUT2D eigenvalue weighted by Crippen LogP contribution is -2.51. The van der Waals surface area contributed by atoms with E-state index < -0.39 is 0 Å². The first-order valence-electron chi connectivity index (χ1n) is 9.15. The highest BCUT2D eigenvalue weighted by atomic mass is 79.9. The third kappa shape index (κ3) is 3.46. The molecule has 2 aromatic heterocycles. The Kier molecular flexibility index (Phi) is 5.18. The van der Waals surface area contributed by atoms with Gasteiger partial charge < -0.3 is 24.1 Å². The van der Waals surface area contributed by atoms with Gasteiger partial charge in [0.15, 0.2) is 11.5 Å². The summed E-state index contributed by atoms with van der Waals surface area (Å²) >= 11 is 3.44. The van der Waals surface area contributed by atoms with Crippen molar-refractivity contribution in [2.45, 2.75) is 19.9 Å². The van der Waals surface area contributed by atoms with Crippen molar-refractivity contribution in [3.05, 3.63) is 41.4 Å². The normalized spacial score (nSPS) is 18.0. The number of imidazole rings is 1. The Labute approximate surface area is 166 Å². The molecular weight excluding hydrogens is 410 g/mol. The van der Waals surface area contributed by atoms with E-state index in [1.54, 1.807) is 6.20 Å². The maximum Gasteiger partial charge on any atom is 0.180 e. The largest absolute Gasteiger partial charge is 0.489 e. The molecule has 1 unspecified atom stereocenters. The molecule has 0 aliphatic carbocycles. The molecule has 4 heterocycles. The Bertz CT molecular complexity index is 945. The van der Waals surface area contributed by atoms with Crippen LogP contribution in [0.4, 0.5) is 17.2 Å². The lowest BCUT2D eigenvalue weighted by atomic mass is 10.1. The van der Waals surface area contributed by atoms with Crippen LogP contribution in [0.1, 0.15) is 13.8 Å². The molecule has 1 N–H and O–H groups in total. The minimum atomic E-state index is 0.302. The molecule has 7 nitrogen and oxygen atoms in total. The van der Waals surface area contributed by atoms with Gasteiger partial charge in [0.05, 0.1) is 24.9 Å². The summed E-state index contributed by atoms with van der Waals surface area (Å²) < 4.78 is 14.2. The van der Waals surface area contributed by atoms with Crippen LogP contribution in [-0.4, -0.2) is 46.8 Å². The number of morpholine rings is 1. The van der Waals surface area contributed by atoms with Crippen LogP contribution < -0.4 is 15.0 Å². The quantitative estimate of drug-likeness (QED) is 0.664. The van der Waals surface area contributed by atoms with E-state index in [0.717, 1.165) is 47.1 Å². The standard InChI is InChI=1S/C17H16BrN5O2.C2H6/c18-15-8-22-4-3-19-17(22)16(21-15)20-11-1-2-13-14(7-11)25-10-12-9-24-6-5-23(12)13;1-2/h1-4,7-8,12H,5-6,9-10H2,(H,20,21);1-2H3. The summed E-state index contributed by atoms with van der Waals surface area (Å²) in [5.41, 5.74) is 2.81. The third-order valence-corrected chi connectivity index (χ3v) is 4.92. The predicted molar refractivity (Wildman–Crippen MR) is 109 cm³/mol. The van der Waals surface area contributed by atoms with Gasteiger partial charge in [0.2, 0.25) is 0 Å². The number of nitrogens with zero attached hydrogens (tertiary/aromatic N) is 4. The smallest absolute Gasteiger partial charge is 0.180 e. The molecule has 27 heavy (non-hydrogen) atoms. The van der Waals surface area contributed by atoms with Gasteiger partial charge in [0.25, 0.3) is 0 Å². The second-order valence-electron chi connectivity index (χ2n) is 6.11. The molecular formula is C19H22BrN5O2. The average molecular weight is 432 g/mol. The first-order chi connectivity index (χ1) is 13.3. The summed E-state index contributed by atoms with van der Waals surface area (Å²) in [6.07, 6.45) is 5.52. The molecule has 0 spiro atoms. The number of nitrogens with one attached hydrogen (secondary N) is 1. The van der Waals surface area contributed by atoms with Gasteiger partial charge >= 0.3 is 0 Å². The van der Waals surface area contributed by atoms with E-state index >= 15 is 0 Å². The minimum Gasteiger partial charge on any atom is -0.489 e. The van der Waals surface area contributed by atoms with E-state index in [0.29, 0.717) is 18.5 Å². The molecule has 2 aliphatic rings. The van der Waals surface area contributed by atoms with E-state index in [2.05, 4.69) is 42.2 Å². The molecule has 1 aromatic carbocycles. The van der Waals surface area contributed by atoms with Crippen molar-refractivity contribution >= 4 is 38.8 Å². The Hall–Kier alpha value is -2.32. The molecule has 0 saturated carbocycles. The first kappa shape index (κ1) is 18.1. The molecule has 2 aliphatic heterocycles. The fourth-order valence-corrected chi connectivity index (χ4v) is 3.76. The number of halogens is 1. The molecule has 1 atom stereocenters. The summed E-state index contributed by atoms with van der Waals surface area (Å²) in [5, 5.41) is 3.35. The van der Waals surface area contributed by atoms with Crippen LogP contribution in [0.5, 0.6) is 5.75 Å². The van der Waals surface area contributed by atoms with Crippen molar-refractivity contribution < 1.29 is 9.47 Å². The Morgan fingerprint density at radius 3 is 3.04 bits per heavy atom. The Morgan fingerprint density at radius 2 is 2.15 bits per heavy atom. The number of benzene rings is 1. The van der Waals surface area contributed by atoms with Gasteiger partial charge in [-0.2, -0.15) is 0 Å². The van der Waals surface area contributed by atoms with Crippen LogP contribution in [0.25, 0.3) is 5.65 Å². The molecule has 1 saturated heterocycles. The summed E-state index contributed by atoms with van der Waals surface area (Å²) in [4.78, 5) is 11.2. The van der Waals surface area contributed by atoms with Gasteiger partial charge in [0, 0.05) is 36.9 Å². The van der Waals surface area contributed by atoms with Crippen LogP contribution >= 0.6 is 15.9 Å². The molecule has 8 heteroatoms. The van der Waals surface area contributed by atoms with E-state index in [1.165, 1.54) is 0 Å². The van der Waals surface area contributed by atoms with Crippen molar-refractivity contribution in [2.24, 2.45) is 0 Å². The third-order valence-electron chi connectivity index (χ3n) is 4.54. The van der Waals surface area contributed by atoms with Crippen molar-refractivity contribution in [1.82, 2.24) is 14.4 Å². The SMILES string of the molecule is Brc1cn2ccnc2c(Nc2ccc3c(c2)OCC2COCCN32)n1.CC. The molecule has 142 valence electrons. The zero-order valence-electron chi connectivity index (χ0n) is 15.4. The Morgan fingerprint density at radius 1 is 1.26 bits per heavy atom. The number of fused-ring (bicyclic) bond motifs is 4. The van der Waals surface area contributed by atoms with Gasteiger partial charge in [-0.1, -0.05) is 13.8 Å². The fourth-order valence-electron chi connectivity index (χ4n) is 3.36. The summed E-state index contributed by atoms with van der Waals surface area (Å²) in [6.45, 7) is 7.03. The number of hydrogen-bond acceptors (Lipinski definition) is 6. The highest BCUT2D eigenvalue weighted by Crippen LogP contribution is 2.37. The van der Waals surface area contributed by atoms with Crippen molar-refractivity contribution in [3.8, 4) is 5.75 Å². The molecule has 0 amide bonds. The number of rotatable bonds is 2. The summed E-state index contributed by atoms with van der Waals surface area (Å²) in [6, 6.07) is 6.46. The molecule has 1 fully saturated rings. The van der Waals surface area contributed by atoms with Crippen LogP contribution in [0.15, 0.2) is 41.4 Å². The topological polar surface area (TPSA) is 63.9 Å². The van der Waals surface area contributed by atoms with Gasteiger partial charge in [-0.05, 0) is 28.1 Å². The predicted octanol–water partition coefficient (Wildman–Crippen LogP) is 3.86. The molecule has 5 rings (SSSR count). The van der Waals surface area contributed by atoms with Gasteiger partial charge in [-0.25, -0.2) is 9.97 Å². The lowest BCUT2D eigenvalue weighted by Gasteiger charge is -2.41. The molecule has 0 bridgehead atoms. The van der Waals surface area contributed by atoms with Crippen LogP contribution in [0.2, 0.25) is 0 Å². The minimum absolute atomic E-state index is 0.302. The maximum atomic E-state index is 5.96. The van der Waals surface area contributed by atoms with Crippen molar-refractivity contribution in [3.63, 3.8) is 0 Å². The number of hydrogen-bond donors (Lipinski definition) is 1. The maximum absolute atomic E-state index is 5.96. The second-order valence-corrected chi connectivity index (χ2v) is 6.92. The lowest BCUT2D eigenvalue weighted by molar-refractivity contribution is 0.0705. The van der Waals surface area contributed by atoms with Gasteiger partial charge in [-0.3, -0.25) is 0 Å². The van der Waals surface area contributed by atoms with E-state index in [9.17, 15) is 0 Å². The average Bonchev–Trinajstić information content (AvgIpc) is 3.18. The van der Waals surface area contributed by atoms with Crippen LogP contribution in [-0.2, 0) is 4.74 Å². The zero-order chi connectivity index (χ0) is 18.8. The highest BCUT2D eigenvalue weighted by Gasteiger charge is 2.30. The van der Waals surface area contributed by atoms with Crippen LogP contribution in [0.3, 0.4) is 0 Å². The Balaban J connectivity index is 0.000000872. The number of aromatic nitrogens is 3. The van der Waals surface area contributed by atoms with Gasteiger partial charge in [0.1, 0.15) is 17.0 Å². The fraction of sp³-hybridized carbons (Fsp3) is 0.368. The van der Waals surface area contributed by atoms with Crippen LogP contribution in [0, 0.1) is 0 Å². The second kappa shape index (κ2) is 7.74. The highest BCUT2D eigenvalue weighted by molar-refractivity contribution is 9.10. The van der Waals surface area contributed by atoms with Gasteiger partial charge in [-0.15, -0.1) is 0 Å². The van der Waals surface area contributed by atoms with E-state index in [1.807, 2.05) is 42.8 Å². The van der Waals surface area contributed by atoms with E-state index in [4.69, 9.17) is 9.47 Å². The van der Waals surface area contributed by atoms with Crippen molar-refractivity contribution in [1.29, 1.82) is 0 Å². The van der Waals surface area contributed by atoms with E-state index in [-0.39, 0.29) is 0 Å². The summed E-state index contributed by atoms with van der Waals surface area (Å²) in [5.74, 6) is 1.58. The molecule has 0 radical (unpaired) electrons. The summed E-state index contributed by atoms with van der Waals surface area (Å²) in [7, 11) is 0.